The van der Waals surface area contributed by atoms with Crippen LogP contribution in [0.4, 0.5) is 5.82 Å². The van der Waals surface area contributed by atoms with Crippen LogP contribution in [0.2, 0.25) is 0 Å². The van der Waals surface area contributed by atoms with Crippen LogP contribution in [0.25, 0.3) is 0 Å². The van der Waals surface area contributed by atoms with E-state index in [0.29, 0.717) is 12.1 Å². The molecule has 0 radical (unpaired) electrons. The standard InChI is InChI=1S/C16H19N3O2/c1-11-9-15(18-17-12(11)2)19(3)10-13-5-7-14(8-6-13)16(20)21-4/h5-9H,10H2,1-4H3. The van der Waals surface area contributed by atoms with Crippen molar-refractivity contribution >= 4 is 11.8 Å². The van der Waals surface area contributed by atoms with Gasteiger partial charge in [-0.25, -0.2) is 4.79 Å². The molecule has 0 aliphatic rings. The Balaban J connectivity index is 2.10. The van der Waals surface area contributed by atoms with E-state index < -0.39 is 0 Å². The van der Waals surface area contributed by atoms with Crippen LogP contribution in [0, 0.1) is 13.8 Å². The van der Waals surface area contributed by atoms with E-state index in [1.54, 1.807) is 12.1 Å². The number of carbonyl (C=O) groups excluding carboxylic acids is 1. The Morgan fingerprint density at radius 2 is 1.86 bits per heavy atom. The molecule has 1 aromatic carbocycles. The fourth-order valence-corrected chi connectivity index (χ4v) is 1.94. The molecule has 1 heterocycles. The van der Waals surface area contributed by atoms with Crippen molar-refractivity contribution in [1.82, 2.24) is 10.2 Å². The van der Waals surface area contributed by atoms with Gasteiger partial charge in [-0.15, -0.1) is 5.10 Å². The highest BCUT2D eigenvalue weighted by atomic mass is 16.5. The van der Waals surface area contributed by atoms with Crippen LogP contribution in [-0.2, 0) is 11.3 Å². The van der Waals surface area contributed by atoms with Crippen molar-refractivity contribution in [3.8, 4) is 0 Å². The minimum atomic E-state index is -0.324. The molecule has 0 aliphatic carbocycles. The Bertz CT molecular complexity index is 638. The number of hydrogen-bond donors (Lipinski definition) is 0. The summed E-state index contributed by atoms with van der Waals surface area (Å²) in [4.78, 5) is 13.4. The van der Waals surface area contributed by atoms with Crippen molar-refractivity contribution in [3.63, 3.8) is 0 Å². The highest BCUT2D eigenvalue weighted by molar-refractivity contribution is 5.89. The second-order valence-corrected chi connectivity index (χ2v) is 5.02. The summed E-state index contributed by atoms with van der Waals surface area (Å²) in [6.45, 7) is 4.66. The Morgan fingerprint density at radius 3 is 2.43 bits per heavy atom. The highest BCUT2D eigenvalue weighted by Crippen LogP contribution is 2.15. The SMILES string of the molecule is COC(=O)c1ccc(CN(C)c2cc(C)c(C)nn2)cc1. The lowest BCUT2D eigenvalue weighted by molar-refractivity contribution is 0.0600. The Morgan fingerprint density at radius 1 is 1.19 bits per heavy atom. The molecule has 5 heteroatoms. The predicted octanol–water partition coefficient (Wildman–Crippen LogP) is 2.52. The average Bonchev–Trinajstić information content (AvgIpc) is 2.50. The molecular weight excluding hydrogens is 266 g/mol. The van der Waals surface area contributed by atoms with Crippen LogP contribution in [-0.4, -0.2) is 30.3 Å². The Hall–Kier alpha value is -2.43. The number of methoxy groups -OCH3 is 1. The van der Waals surface area contributed by atoms with Crippen LogP contribution in [0.15, 0.2) is 30.3 Å². The van der Waals surface area contributed by atoms with Gasteiger partial charge in [0.2, 0.25) is 0 Å². The molecule has 0 unspecified atom stereocenters. The number of aromatic nitrogens is 2. The van der Waals surface area contributed by atoms with Gasteiger partial charge in [0, 0.05) is 13.6 Å². The molecular formula is C16H19N3O2. The maximum absolute atomic E-state index is 11.4. The van der Waals surface area contributed by atoms with Crippen molar-refractivity contribution in [3.05, 3.63) is 52.7 Å². The smallest absolute Gasteiger partial charge is 0.337 e. The van der Waals surface area contributed by atoms with Gasteiger partial charge in [0.05, 0.1) is 18.4 Å². The molecule has 0 aliphatic heterocycles. The number of hydrogen-bond acceptors (Lipinski definition) is 5. The molecule has 2 aromatic rings. The van der Waals surface area contributed by atoms with E-state index in [-0.39, 0.29) is 5.97 Å². The summed E-state index contributed by atoms with van der Waals surface area (Å²) in [5.41, 5.74) is 3.70. The van der Waals surface area contributed by atoms with Crippen LogP contribution in [0.3, 0.4) is 0 Å². The molecule has 0 fully saturated rings. The molecule has 0 N–H and O–H groups in total. The second kappa shape index (κ2) is 6.35. The van der Waals surface area contributed by atoms with Gasteiger partial charge in [-0.1, -0.05) is 12.1 Å². The number of carbonyl (C=O) groups is 1. The van der Waals surface area contributed by atoms with Gasteiger partial charge >= 0.3 is 5.97 Å². The highest BCUT2D eigenvalue weighted by Gasteiger charge is 2.08. The van der Waals surface area contributed by atoms with Gasteiger partial charge in [0.1, 0.15) is 0 Å². The molecule has 21 heavy (non-hydrogen) atoms. The molecule has 0 spiro atoms. The van der Waals surface area contributed by atoms with E-state index in [0.717, 1.165) is 22.6 Å². The Kier molecular flexibility index (Phi) is 4.52. The summed E-state index contributed by atoms with van der Waals surface area (Å²) in [6.07, 6.45) is 0. The van der Waals surface area contributed by atoms with Crippen LogP contribution < -0.4 is 4.90 Å². The summed E-state index contributed by atoms with van der Waals surface area (Å²) < 4.78 is 4.68. The lowest BCUT2D eigenvalue weighted by Crippen LogP contribution is -2.18. The number of anilines is 1. The van der Waals surface area contributed by atoms with Gasteiger partial charge < -0.3 is 9.64 Å². The van der Waals surface area contributed by atoms with Crippen molar-refractivity contribution in [2.45, 2.75) is 20.4 Å². The number of rotatable bonds is 4. The monoisotopic (exact) mass is 285 g/mol. The molecule has 0 atom stereocenters. The summed E-state index contributed by atoms with van der Waals surface area (Å²) in [7, 11) is 3.34. The fourth-order valence-electron chi connectivity index (χ4n) is 1.94. The molecule has 0 amide bonds. The summed E-state index contributed by atoms with van der Waals surface area (Å²) >= 11 is 0. The first kappa shape index (κ1) is 15.0. The van der Waals surface area contributed by atoms with E-state index in [1.807, 2.05) is 44.0 Å². The summed E-state index contributed by atoms with van der Waals surface area (Å²) in [5, 5.41) is 8.33. The van der Waals surface area contributed by atoms with Gasteiger partial charge in [-0.3, -0.25) is 0 Å². The lowest BCUT2D eigenvalue weighted by Gasteiger charge is -2.18. The first-order chi connectivity index (χ1) is 10.0. The molecule has 0 saturated heterocycles. The van der Waals surface area contributed by atoms with Crippen molar-refractivity contribution < 1.29 is 9.53 Å². The zero-order valence-corrected chi connectivity index (χ0v) is 12.8. The third-order valence-corrected chi connectivity index (χ3v) is 3.40. The van der Waals surface area contributed by atoms with Gasteiger partial charge in [0.25, 0.3) is 0 Å². The number of benzene rings is 1. The minimum Gasteiger partial charge on any atom is -0.465 e. The first-order valence-electron chi connectivity index (χ1n) is 6.70. The topological polar surface area (TPSA) is 55.3 Å². The third-order valence-electron chi connectivity index (χ3n) is 3.40. The fraction of sp³-hybridized carbons (Fsp3) is 0.312. The number of ether oxygens (including phenoxy) is 1. The number of esters is 1. The maximum atomic E-state index is 11.4. The molecule has 2 rings (SSSR count). The minimum absolute atomic E-state index is 0.324. The van der Waals surface area contributed by atoms with E-state index in [1.165, 1.54) is 7.11 Å². The van der Waals surface area contributed by atoms with Crippen LogP contribution in [0.1, 0.15) is 27.2 Å². The van der Waals surface area contributed by atoms with E-state index in [2.05, 4.69) is 14.9 Å². The number of aryl methyl sites for hydroxylation is 2. The quantitative estimate of drug-likeness (QED) is 0.808. The van der Waals surface area contributed by atoms with E-state index in [4.69, 9.17) is 0 Å². The largest absolute Gasteiger partial charge is 0.465 e. The van der Waals surface area contributed by atoms with Crippen LogP contribution in [0.5, 0.6) is 0 Å². The van der Waals surface area contributed by atoms with Gasteiger partial charge in [-0.2, -0.15) is 5.10 Å². The molecule has 0 bridgehead atoms. The third kappa shape index (κ3) is 3.56. The zero-order chi connectivity index (χ0) is 15.4. The number of nitrogens with zero attached hydrogens (tertiary/aromatic N) is 3. The van der Waals surface area contributed by atoms with Crippen LogP contribution >= 0.6 is 0 Å². The molecule has 0 saturated carbocycles. The predicted molar refractivity (Wildman–Crippen MR) is 81.4 cm³/mol. The summed E-state index contributed by atoms with van der Waals surface area (Å²) in [5.74, 6) is 0.505. The van der Waals surface area contributed by atoms with Gasteiger partial charge in [0.15, 0.2) is 5.82 Å². The molecule has 110 valence electrons. The van der Waals surface area contributed by atoms with Crippen molar-refractivity contribution in [2.24, 2.45) is 0 Å². The molecule has 5 nitrogen and oxygen atoms in total. The first-order valence-corrected chi connectivity index (χ1v) is 6.70. The van der Waals surface area contributed by atoms with E-state index in [9.17, 15) is 4.79 Å². The van der Waals surface area contributed by atoms with E-state index >= 15 is 0 Å². The molecule has 1 aromatic heterocycles. The zero-order valence-electron chi connectivity index (χ0n) is 12.8. The Labute approximate surface area is 124 Å². The second-order valence-electron chi connectivity index (χ2n) is 5.02. The summed E-state index contributed by atoms with van der Waals surface area (Å²) in [6, 6.07) is 9.38. The van der Waals surface area contributed by atoms with Crippen molar-refractivity contribution in [1.29, 1.82) is 0 Å². The lowest BCUT2D eigenvalue weighted by atomic mass is 10.1. The normalized spacial score (nSPS) is 10.3. The van der Waals surface area contributed by atoms with Crippen molar-refractivity contribution in [2.75, 3.05) is 19.1 Å². The average molecular weight is 285 g/mol. The maximum Gasteiger partial charge on any atom is 0.337 e. The van der Waals surface area contributed by atoms with Gasteiger partial charge in [-0.05, 0) is 43.2 Å².